The zero-order chi connectivity index (χ0) is 16.4. The fourth-order valence-corrected chi connectivity index (χ4v) is 2.62. The van der Waals surface area contributed by atoms with Crippen molar-refractivity contribution in [3.63, 3.8) is 0 Å². The Morgan fingerprint density at radius 1 is 1.22 bits per heavy atom. The van der Waals surface area contributed by atoms with Crippen molar-refractivity contribution in [3.05, 3.63) is 30.1 Å². The number of carbonyl (C=O) groups excluding carboxylic acids is 3. The van der Waals surface area contributed by atoms with Crippen LogP contribution in [0.4, 0.5) is 14.9 Å². The van der Waals surface area contributed by atoms with Gasteiger partial charge in [0.05, 0.1) is 25.3 Å². The number of benzene rings is 1. The first kappa shape index (κ1) is 15.4. The molecule has 4 amide bonds. The van der Waals surface area contributed by atoms with Crippen LogP contribution in [0, 0.1) is 5.82 Å². The van der Waals surface area contributed by atoms with Crippen molar-refractivity contribution in [2.24, 2.45) is 0 Å². The molecule has 2 fully saturated rings. The Hall–Kier alpha value is -2.48. The van der Waals surface area contributed by atoms with Gasteiger partial charge in [-0.15, -0.1) is 0 Å². The van der Waals surface area contributed by atoms with Crippen molar-refractivity contribution in [3.8, 4) is 0 Å². The molecule has 2 saturated heterocycles. The number of hydrogen-bond donors (Lipinski definition) is 1. The first-order chi connectivity index (χ1) is 11.1. The molecule has 7 nitrogen and oxygen atoms in total. The minimum atomic E-state index is -0.900. The Morgan fingerprint density at radius 2 is 1.87 bits per heavy atom. The molecule has 0 radical (unpaired) electrons. The second kappa shape index (κ2) is 6.33. The summed E-state index contributed by atoms with van der Waals surface area (Å²) in [5.74, 6) is -1.17. The smallest absolute Gasteiger partial charge is 0.329 e. The Labute approximate surface area is 132 Å². The SMILES string of the molecule is O=C(C[C@@H]1NC(=O)N(c2ccc(F)cc2)C1=O)N1CCOCC1. The Bertz CT molecular complexity index is 628. The van der Waals surface area contributed by atoms with Gasteiger partial charge in [0.2, 0.25) is 5.91 Å². The molecule has 23 heavy (non-hydrogen) atoms. The zero-order valence-electron chi connectivity index (χ0n) is 12.3. The molecule has 0 spiro atoms. The summed E-state index contributed by atoms with van der Waals surface area (Å²) in [5.41, 5.74) is 0.273. The van der Waals surface area contributed by atoms with Crippen LogP contribution >= 0.6 is 0 Å². The van der Waals surface area contributed by atoms with Crippen LogP contribution < -0.4 is 10.2 Å². The average Bonchev–Trinajstić information content (AvgIpc) is 2.83. The van der Waals surface area contributed by atoms with Crippen molar-refractivity contribution >= 4 is 23.5 Å². The van der Waals surface area contributed by atoms with E-state index < -0.39 is 23.8 Å². The molecule has 0 unspecified atom stereocenters. The van der Waals surface area contributed by atoms with Gasteiger partial charge in [-0.05, 0) is 24.3 Å². The summed E-state index contributed by atoms with van der Waals surface area (Å²) in [6.45, 7) is 1.90. The highest BCUT2D eigenvalue weighted by molar-refractivity contribution is 6.22. The number of imide groups is 1. The minimum absolute atomic E-state index is 0.0950. The van der Waals surface area contributed by atoms with E-state index in [0.717, 1.165) is 4.90 Å². The van der Waals surface area contributed by atoms with E-state index in [1.807, 2.05) is 0 Å². The summed E-state index contributed by atoms with van der Waals surface area (Å²) in [4.78, 5) is 39.1. The Morgan fingerprint density at radius 3 is 2.52 bits per heavy atom. The van der Waals surface area contributed by atoms with Gasteiger partial charge in [0, 0.05) is 13.1 Å². The maximum absolute atomic E-state index is 13.0. The van der Waals surface area contributed by atoms with E-state index in [4.69, 9.17) is 4.74 Å². The third-order valence-corrected chi connectivity index (χ3v) is 3.85. The molecular weight excluding hydrogens is 305 g/mol. The van der Waals surface area contributed by atoms with E-state index in [1.165, 1.54) is 24.3 Å². The fraction of sp³-hybridized carbons (Fsp3) is 0.400. The summed E-state index contributed by atoms with van der Waals surface area (Å²) in [5, 5.41) is 2.50. The standard InChI is InChI=1S/C15H16FN3O4/c16-10-1-3-11(4-2-10)19-14(21)12(17-15(19)22)9-13(20)18-5-7-23-8-6-18/h1-4,12H,5-9H2,(H,17,22)/t12-/m0/s1. The first-order valence-electron chi connectivity index (χ1n) is 7.32. The predicted octanol–water partition coefficient (Wildman–Crippen LogP) is 0.499. The number of halogens is 1. The molecule has 0 saturated carbocycles. The van der Waals surface area contributed by atoms with Crippen molar-refractivity contribution in [2.75, 3.05) is 31.2 Å². The third-order valence-electron chi connectivity index (χ3n) is 3.85. The molecule has 2 heterocycles. The number of amides is 4. The summed E-state index contributed by atoms with van der Waals surface area (Å²) >= 11 is 0. The zero-order valence-corrected chi connectivity index (χ0v) is 12.3. The minimum Gasteiger partial charge on any atom is -0.378 e. The molecule has 1 N–H and O–H groups in total. The second-order valence-electron chi connectivity index (χ2n) is 5.35. The Balaban J connectivity index is 1.68. The van der Waals surface area contributed by atoms with Gasteiger partial charge in [-0.25, -0.2) is 14.1 Å². The van der Waals surface area contributed by atoms with E-state index >= 15 is 0 Å². The molecule has 0 aliphatic carbocycles. The predicted molar refractivity (Wildman–Crippen MR) is 78.2 cm³/mol. The van der Waals surface area contributed by atoms with Crippen LogP contribution in [0.1, 0.15) is 6.42 Å². The van der Waals surface area contributed by atoms with Crippen LogP contribution in [0.25, 0.3) is 0 Å². The van der Waals surface area contributed by atoms with Gasteiger partial charge in [0.25, 0.3) is 5.91 Å². The highest BCUT2D eigenvalue weighted by Gasteiger charge is 2.40. The van der Waals surface area contributed by atoms with E-state index in [2.05, 4.69) is 5.32 Å². The van der Waals surface area contributed by atoms with Crippen LogP contribution in [0.5, 0.6) is 0 Å². The lowest BCUT2D eigenvalue weighted by molar-refractivity contribution is -0.137. The lowest BCUT2D eigenvalue weighted by Gasteiger charge is -2.27. The van der Waals surface area contributed by atoms with Gasteiger partial charge >= 0.3 is 6.03 Å². The van der Waals surface area contributed by atoms with Gasteiger partial charge < -0.3 is 15.0 Å². The number of morpholine rings is 1. The number of nitrogens with zero attached hydrogens (tertiary/aromatic N) is 2. The molecule has 0 bridgehead atoms. The number of rotatable bonds is 3. The number of ether oxygens (including phenoxy) is 1. The normalized spacial score (nSPS) is 21.5. The number of nitrogens with one attached hydrogen (secondary N) is 1. The van der Waals surface area contributed by atoms with Gasteiger partial charge in [0.15, 0.2) is 0 Å². The monoisotopic (exact) mass is 321 g/mol. The van der Waals surface area contributed by atoms with Crippen molar-refractivity contribution < 1.29 is 23.5 Å². The van der Waals surface area contributed by atoms with Crippen LogP contribution in [0.15, 0.2) is 24.3 Å². The molecule has 3 rings (SSSR count). The maximum Gasteiger partial charge on any atom is 0.329 e. The molecule has 8 heteroatoms. The lowest BCUT2D eigenvalue weighted by atomic mass is 10.1. The van der Waals surface area contributed by atoms with E-state index in [1.54, 1.807) is 4.90 Å². The highest BCUT2D eigenvalue weighted by Crippen LogP contribution is 2.21. The van der Waals surface area contributed by atoms with Gasteiger partial charge in [0.1, 0.15) is 11.9 Å². The third kappa shape index (κ3) is 3.16. The topological polar surface area (TPSA) is 79.0 Å². The molecule has 2 aliphatic rings. The molecule has 1 atom stereocenters. The van der Waals surface area contributed by atoms with Crippen molar-refractivity contribution in [1.29, 1.82) is 0 Å². The number of hydrogen-bond acceptors (Lipinski definition) is 4. The van der Waals surface area contributed by atoms with E-state index in [0.29, 0.717) is 26.3 Å². The number of anilines is 1. The summed E-state index contributed by atoms with van der Waals surface area (Å²) in [6.07, 6.45) is -0.0950. The molecule has 1 aromatic carbocycles. The van der Waals surface area contributed by atoms with E-state index in [9.17, 15) is 18.8 Å². The molecule has 122 valence electrons. The summed E-state index contributed by atoms with van der Waals surface area (Å²) in [6, 6.07) is 3.52. The van der Waals surface area contributed by atoms with Gasteiger partial charge in [-0.2, -0.15) is 0 Å². The second-order valence-corrected chi connectivity index (χ2v) is 5.35. The number of urea groups is 1. The largest absolute Gasteiger partial charge is 0.378 e. The quantitative estimate of drug-likeness (QED) is 0.822. The Kier molecular flexibility index (Phi) is 4.24. The van der Waals surface area contributed by atoms with Crippen molar-refractivity contribution in [1.82, 2.24) is 10.2 Å². The summed E-state index contributed by atoms with van der Waals surface area (Å²) < 4.78 is 18.1. The molecule has 1 aromatic rings. The molecule has 0 aromatic heterocycles. The maximum atomic E-state index is 13.0. The van der Waals surface area contributed by atoms with Crippen molar-refractivity contribution in [2.45, 2.75) is 12.5 Å². The summed E-state index contributed by atoms with van der Waals surface area (Å²) in [7, 11) is 0. The van der Waals surface area contributed by atoms with Crippen LogP contribution in [-0.2, 0) is 14.3 Å². The van der Waals surface area contributed by atoms with Crippen LogP contribution in [-0.4, -0.2) is 55.1 Å². The highest BCUT2D eigenvalue weighted by atomic mass is 19.1. The van der Waals surface area contributed by atoms with Gasteiger partial charge in [-0.1, -0.05) is 0 Å². The first-order valence-corrected chi connectivity index (χ1v) is 7.32. The van der Waals surface area contributed by atoms with Gasteiger partial charge in [-0.3, -0.25) is 9.59 Å². The average molecular weight is 321 g/mol. The van der Waals surface area contributed by atoms with Crippen LogP contribution in [0.2, 0.25) is 0 Å². The van der Waals surface area contributed by atoms with Crippen LogP contribution in [0.3, 0.4) is 0 Å². The number of carbonyl (C=O) groups is 3. The lowest BCUT2D eigenvalue weighted by Crippen LogP contribution is -2.44. The fourth-order valence-electron chi connectivity index (χ4n) is 2.62. The molecule has 2 aliphatic heterocycles. The van der Waals surface area contributed by atoms with E-state index in [-0.39, 0.29) is 18.0 Å². The molecular formula is C15H16FN3O4.